The number of likely N-dealkylation sites (tertiary alicyclic amines) is 1. The van der Waals surface area contributed by atoms with E-state index in [2.05, 4.69) is 11.0 Å². The van der Waals surface area contributed by atoms with Gasteiger partial charge in [0.2, 0.25) is 5.91 Å². The summed E-state index contributed by atoms with van der Waals surface area (Å²) in [7, 11) is 1.70. The number of para-hydroxylation sites is 1. The summed E-state index contributed by atoms with van der Waals surface area (Å²) in [6.07, 6.45) is 4.97. The lowest BCUT2D eigenvalue weighted by Gasteiger charge is -2.35. The van der Waals surface area contributed by atoms with Crippen molar-refractivity contribution < 1.29 is 14.3 Å². The molecular weight excluding hydrogens is 292 g/mol. The lowest BCUT2D eigenvalue weighted by molar-refractivity contribution is -0.120. The first kappa shape index (κ1) is 16.1. The van der Waals surface area contributed by atoms with Gasteiger partial charge < -0.3 is 15.2 Å². The number of nitrogens with two attached hydrogens (primary N) is 1. The minimum absolute atomic E-state index is 0.162. The molecule has 126 valence electrons. The number of carbonyl (C=O) groups is 1. The van der Waals surface area contributed by atoms with Crippen LogP contribution < -0.4 is 15.2 Å². The van der Waals surface area contributed by atoms with Gasteiger partial charge in [0.1, 0.15) is 0 Å². The monoisotopic (exact) mass is 318 g/mol. The van der Waals surface area contributed by atoms with E-state index >= 15 is 0 Å². The Kier molecular flexibility index (Phi) is 5.06. The number of benzene rings is 1. The van der Waals surface area contributed by atoms with Gasteiger partial charge >= 0.3 is 0 Å². The molecule has 0 radical (unpaired) electrons. The number of carbonyl (C=O) groups excluding carboxylic acids is 1. The van der Waals surface area contributed by atoms with Crippen molar-refractivity contribution in [2.75, 3.05) is 20.2 Å². The van der Waals surface area contributed by atoms with Crippen LogP contribution in [-0.4, -0.2) is 37.1 Å². The van der Waals surface area contributed by atoms with Gasteiger partial charge in [-0.1, -0.05) is 12.1 Å². The highest BCUT2D eigenvalue weighted by atomic mass is 16.5. The molecule has 2 fully saturated rings. The first-order valence-electron chi connectivity index (χ1n) is 8.49. The summed E-state index contributed by atoms with van der Waals surface area (Å²) in [5.74, 6) is 1.80. The number of hydrogen-bond acceptors (Lipinski definition) is 4. The van der Waals surface area contributed by atoms with Crippen molar-refractivity contribution in [2.24, 2.45) is 11.7 Å². The quantitative estimate of drug-likeness (QED) is 0.838. The van der Waals surface area contributed by atoms with Crippen molar-refractivity contribution in [3.8, 4) is 11.5 Å². The van der Waals surface area contributed by atoms with Crippen molar-refractivity contribution >= 4 is 5.91 Å². The van der Waals surface area contributed by atoms with E-state index in [1.54, 1.807) is 7.11 Å². The van der Waals surface area contributed by atoms with Crippen LogP contribution in [0.3, 0.4) is 0 Å². The maximum Gasteiger partial charge on any atom is 0.217 e. The van der Waals surface area contributed by atoms with Crippen molar-refractivity contribution in [1.82, 2.24) is 4.90 Å². The molecule has 0 unspecified atom stereocenters. The Bertz CT molecular complexity index is 549. The Labute approximate surface area is 137 Å². The molecule has 1 aliphatic carbocycles. The minimum Gasteiger partial charge on any atom is -0.493 e. The van der Waals surface area contributed by atoms with E-state index in [-0.39, 0.29) is 12.0 Å². The van der Waals surface area contributed by atoms with Crippen LogP contribution in [0.1, 0.15) is 37.7 Å². The third kappa shape index (κ3) is 3.96. The zero-order chi connectivity index (χ0) is 16.2. The molecule has 1 aliphatic heterocycles. The molecule has 1 aromatic rings. The zero-order valence-corrected chi connectivity index (χ0v) is 13.8. The van der Waals surface area contributed by atoms with E-state index < -0.39 is 0 Å². The molecule has 5 heteroatoms. The molecule has 2 N–H and O–H groups in total. The van der Waals surface area contributed by atoms with Gasteiger partial charge in [-0.05, 0) is 50.8 Å². The van der Waals surface area contributed by atoms with Crippen LogP contribution in [0.2, 0.25) is 0 Å². The Morgan fingerprint density at radius 3 is 2.70 bits per heavy atom. The summed E-state index contributed by atoms with van der Waals surface area (Å²) >= 11 is 0. The zero-order valence-electron chi connectivity index (χ0n) is 13.8. The Morgan fingerprint density at radius 2 is 2.04 bits per heavy atom. The topological polar surface area (TPSA) is 64.8 Å². The highest BCUT2D eigenvalue weighted by molar-refractivity contribution is 5.74. The number of rotatable bonds is 7. The van der Waals surface area contributed by atoms with Crippen LogP contribution in [-0.2, 0) is 11.3 Å². The van der Waals surface area contributed by atoms with Gasteiger partial charge in [-0.15, -0.1) is 0 Å². The second-order valence-corrected chi connectivity index (χ2v) is 6.68. The number of amides is 1. The normalized spacial score (nSPS) is 24.2. The fourth-order valence-corrected chi connectivity index (χ4v) is 3.59. The predicted octanol–water partition coefficient (Wildman–Crippen LogP) is 2.32. The fourth-order valence-electron chi connectivity index (χ4n) is 3.59. The van der Waals surface area contributed by atoms with E-state index in [1.807, 2.05) is 12.1 Å². The Balaban J connectivity index is 1.62. The molecule has 23 heavy (non-hydrogen) atoms. The summed E-state index contributed by atoms with van der Waals surface area (Å²) in [4.78, 5) is 13.4. The van der Waals surface area contributed by atoms with Crippen molar-refractivity contribution in [1.29, 1.82) is 0 Å². The number of ether oxygens (including phenoxy) is 2. The van der Waals surface area contributed by atoms with Gasteiger partial charge in [0.25, 0.3) is 0 Å². The number of primary amides is 1. The van der Waals surface area contributed by atoms with E-state index in [4.69, 9.17) is 15.2 Å². The van der Waals surface area contributed by atoms with E-state index in [0.29, 0.717) is 12.3 Å². The second-order valence-electron chi connectivity index (χ2n) is 6.68. The summed E-state index contributed by atoms with van der Waals surface area (Å²) in [5.41, 5.74) is 6.42. The summed E-state index contributed by atoms with van der Waals surface area (Å²) in [6.45, 7) is 3.23. The molecular formula is C18H26N2O3. The highest BCUT2D eigenvalue weighted by Gasteiger charge is 2.32. The first-order valence-corrected chi connectivity index (χ1v) is 8.49. The van der Waals surface area contributed by atoms with Gasteiger partial charge in [0.05, 0.1) is 13.2 Å². The molecule has 5 nitrogen and oxygen atoms in total. The van der Waals surface area contributed by atoms with Gasteiger partial charge in [-0.25, -0.2) is 0 Å². The molecule has 1 saturated carbocycles. The largest absolute Gasteiger partial charge is 0.493 e. The van der Waals surface area contributed by atoms with Crippen molar-refractivity contribution in [2.45, 2.75) is 44.8 Å². The van der Waals surface area contributed by atoms with Gasteiger partial charge in [0, 0.05) is 18.5 Å². The molecule has 1 aromatic carbocycles. The molecule has 1 saturated heterocycles. The molecule has 2 aliphatic rings. The lowest BCUT2D eigenvalue weighted by Crippen LogP contribution is -2.36. The average molecular weight is 318 g/mol. The van der Waals surface area contributed by atoms with Crippen LogP contribution in [0.4, 0.5) is 0 Å². The second kappa shape index (κ2) is 7.21. The maximum atomic E-state index is 10.9. The lowest BCUT2D eigenvalue weighted by atomic mass is 9.80. The Hall–Kier alpha value is -1.75. The molecule has 0 aromatic heterocycles. The van der Waals surface area contributed by atoms with E-state index in [0.717, 1.165) is 44.0 Å². The highest BCUT2D eigenvalue weighted by Crippen LogP contribution is 2.38. The predicted molar refractivity (Wildman–Crippen MR) is 88.5 cm³/mol. The first-order chi connectivity index (χ1) is 11.2. The molecule has 0 spiro atoms. The van der Waals surface area contributed by atoms with E-state index in [9.17, 15) is 4.79 Å². The van der Waals surface area contributed by atoms with Crippen molar-refractivity contribution in [3.05, 3.63) is 23.8 Å². The SMILES string of the molecule is COc1c(CN2CCCC2)cccc1OC1CC(CC(N)=O)C1. The van der Waals surface area contributed by atoms with Crippen LogP contribution in [0.25, 0.3) is 0 Å². The molecule has 0 atom stereocenters. The van der Waals surface area contributed by atoms with E-state index in [1.165, 1.54) is 18.4 Å². The average Bonchev–Trinajstić information content (AvgIpc) is 2.98. The smallest absolute Gasteiger partial charge is 0.217 e. The van der Waals surface area contributed by atoms with Gasteiger partial charge in [-0.2, -0.15) is 0 Å². The van der Waals surface area contributed by atoms with Crippen LogP contribution in [0, 0.1) is 5.92 Å². The fraction of sp³-hybridized carbons (Fsp3) is 0.611. The minimum atomic E-state index is -0.223. The van der Waals surface area contributed by atoms with Crippen LogP contribution >= 0.6 is 0 Å². The Morgan fingerprint density at radius 1 is 1.30 bits per heavy atom. The summed E-state index contributed by atoms with van der Waals surface area (Å²) in [6, 6.07) is 6.11. The number of nitrogens with zero attached hydrogens (tertiary/aromatic N) is 1. The molecule has 1 amide bonds. The van der Waals surface area contributed by atoms with Crippen molar-refractivity contribution in [3.63, 3.8) is 0 Å². The molecule has 0 bridgehead atoms. The number of hydrogen-bond donors (Lipinski definition) is 1. The third-order valence-electron chi connectivity index (χ3n) is 4.83. The number of methoxy groups -OCH3 is 1. The summed E-state index contributed by atoms with van der Waals surface area (Å²) < 4.78 is 11.7. The molecule has 3 rings (SSSR count). The maximum absolute atomic E-state index is 10.9. The van der Waals surface area contributed by atoms with Gasteiger partial charge in [0.15, 0.2) is 11.5 Å². The summed E-state index contributed by atoms with van der Waals surface area (Å²) in [5, 5.41) is 0. The molecule has 1 heterocycles. The standard InChI is InChI=1S/C18H26N2O3/c1-22-18-14(12-20-7-2-3-8-20)5-4-6-16(18)23-15-9-13(10-15)11-17(19)21/h4-6,13,15H,2-3,7-12H2,1H3,(H2,19,21). The van der Waals surface area contributed by atoms with Crippen LogP contribution in [0.5, 0.6) is 11.5 Å². The van der Waals surface area contributed by atoms with Crippen LogP contribution in [0.15, 0.2) is 18.2 Å². The third-order valence-corrected chi connectivity index (χ3v) is 4.83. The van der Waals surface area contributed by atoms with Gasteiger partial charge in [-0.3, -0.25) is 9.69 Å².